The van der Waals surface area contributed by atoms with Crippen LogP contribution in [-0.4, -0.2) is 14.7 Å². The summed E-state index contributed by atoms with van der Waals surface area (Å²) in [6.45, 7) is 6.86. The zero-order chi connectivity index (χ0) is 12.5. The first-order valence-electron chi connectivity index (χ1n) is 5.81. The van der Waals surface area contributed by atoms with Crippen LogP contribution in [0.5, 0.6) is 0 Å². The maximum Gasteiger partial charge on any atom is 0.111 e. The van der Waals surface area contributed by atoms with Crippen LogP contribution in [0.3, 0.4) is 0 Å². The summed E-state index contributed by atoms with van der Waals surface area (Å²) in [4.78, 5) is 5.35. The van der Waals surface area contributed by atoms with Crippen LogP contribution < -0.4 is 0 Å². The maximum atomic E-state index is 10.6. The molecule has 1 atom stereocenters. The molecule has 0 aliphatic heterocycles. The van der Waals surface area contributed by atoms with Gasteiger partial charge in [-0.05, 0) is 37.8 Å². The van der Waals surface area contributed by atoms with Crippen molar-refractivity contribution < 1.29 is 5.11 Å². The molecule has 0 bridgehead atoms. The number of rotatable bonds is 4. The van der Waals surface area contributed by atoms with Crippen molar-refractivity contribution in [3.8, 4) is 0 Å². The Morgan fingerprint density at radius 2 is 2.29 bits per heavy atom. The Morgan fingerprint density at radius 1 is 1.53 bits per heavy atom. The highest BCUT2D eigenvalue weighted by Gasteiger charge is 2.28. The fourth-order valence-electron chi connectivity index (χ4n) is 2.11. The van der Waals surface area contributed by atoms with E-state index >= 15 is 0 Å². The van der Waals surface area contributed by atoms with E-state index in [9.17, 15) is 5.11 Å². The summed E-state index contributed by atoms with van der Waals surface area (Å²) in [7, 11) is 0. The lowest BCUT2D eigenvalue weighted by molar-refractivity contribution is 0.0578. The Hall–Kier alpha value is -1.13. The fourth-order valence-corrected chi connectivity index (χ4v) is 3.10. The first-order chi connectivity index (χ1) is 8.04. The molecule has 0 aliphatic carbocycles. The van der Waals surface area contributed by atoms with Crippen molar-refractivity contribution in [2.45, 2.75) is 39.3 Å². The molecule has 0 radical (unpaired) electrons. The van der Waals surface area contributed by atoms with Crippen LogP contribution in [0.1, 0.15) is 30.1 Å². The van der Waals surface area contributed by atoms with Crippen LogP contribution in [0, 0.1) is 6.92 Å². The van der Waals surface area contributed by atoms with Gasteiger partial charge in [-0.15, -0.1) is 11.3 Å². The van der Waals surface area contributed by atoms with Crippen molar-refractivity contribution >= 4 is 11.3 Å². The van der Waals surface area contributed by atoms with Crippen LogP contribution in [0.2, 0.25) is 0 Å². The van der Waals surface area contributed by atoms with E-state index in [0.29, 0.717) is 6.42 Å². The monoisotopic (exact) mass is 250 g/mol. The minimum Gasteiger partial charge on any atom is -0.384 e. The summed E-state index contributed by atoms with van der Waals surface area (Å²) in [6.07, 6.45) is 4.29. The Kier molecular flexibility index (Phi) is 3.35. The molecule has 3 nitrogen and oxygen atoms in total. The minimum atomic E-state index is -0.837. The topological polar surface area (TPSA) is 38.0 Å². The molecule has 0 saturated heterocycles. The average Bonchev–Trinajstić information content (AvgIpc) is 2.86. The molecular formula is C13H18N2OS. The lowest BCUT2D eigenvalue weighted by Gasteiger charge is -2.23. The number of aromatic nitrogens is 2. The molecule has 4 heteroatoms. The van der Waals surface area contributed by atoms with Gasteiger partial charge in [-0.2, -0.15) is 0 Å². The number of nitrogens with zero attached hydrogens (tertiary/aromatic N) is 2. The highest BCUT2D eigenvalue weighted by molar-refractivity contribution is 7.10. The standard InChI is InChI=1S/C13H18N2OS/c1-4-15-7-6-14-11(15)9-13(3,16)12-10(2)5-8-17-12/h5-8,16H,4,9H2,1-3H3. The van der Waals surface area contributed by atoms with Gasteiger partial charge in [-0.3, -0.25) is 0 Å². The molecule has 0 saturated carbocycles. The highest BCUT2D eigenvalue weighted by Crippen LogP contribution is 2.31. The van der Waals surface area contributed by atoms with Crippen molar-refractivity contribution in [1.82, 2.24) is 9.55 Å². The molecule has 2 heterocycles. The van der Waals surface area contributed by atoms with E-state index in [0.717, 1.165) is 22.8 Å². The van der Waals surface area contributed by atoms with Gasteiger partial charge in [-0.1, -0.05) is 0 Å². The number of aryl methyl sites for hydroxylation is 2. The third-order valence-electron chi connectivity index (χ3n) is 3.00. The smallest absolute Gasteiger partial charge is 0.111 e. The molecule has 0 aliphatic rings. The molecule has 0 aromatic carbocycles. The first-order valence-corrected chi connectivity index (χ1v) is 6.69. The second-order valence-electron chi connectivity index (χ2n) is 4.51. The van der Waals surface area contributed by atoms with E-state index in [1.165, 1.54) is 0 Å². The fraction of sp³-hybridized carbons (Fsp3) is 0.462. The Labute approximate surface area is 106 Å². The van der Waals surface area contributed by atoms with Gasteiger partial charge in [0.05, 0.1) is 0 Å². The van der Waals surface area contributed by atoms with Crippen molar-refractivity contribution in [3.05, 3.63) is 40.1 Å². The van der Waals surface area contributed by atoms with Crippen LogP contribution >= 0.6 is 11.3 Å². The minimum absolute atomic E-state index is 0.551. The highest BCUT2D eigenvalue weighted by atomic mass is 32.1. The number of aliphatic hydroxyl groups is 1. The molecule has 0 fully saturated rings. The maximum absolute atomic E-state index is 10.6. The number of thiophene rings is 1. The second-order valence-corrected chi connectivity index (χ2v) is 5.43. The van der Waals surface area contributed by atoms with E-state index in [4.69, 9.17) is 0 Å². The summed E-state index contributed by atoms with van der Waals surface area (Å²) < 4.78 is 2.07. The Bertz CT molecular complexity index is 499. The predicted molar refractivity (Wildman–Crippen MR) is 70.2 cm³/mol. The van der Waals surface area contributed by atoms with Gasteiger partial charge in [-0.25, -0.2) is 4.98 Å². The Morgan fingerprint density at radius 3 is 2.88 bits per heavy atom. The second kappa shape index (κ2) is 4.63. The van der Waals surface area contributed by atoms with Crippen molar-refractivity contribution in [2.75, 3.05) is 0 Å². The van der Waals surface area contributed by atoms with Crippen molar-refractivity contribution in [1.29, 1.82) is 0 Å². The molecule has 2 rings (SSSR count). The van der Waals surface area contributed by atoms with Crippen molar-refractivity contribution in [3.63, 3.8) is 0 Å². The van der Waals surface area contributed by atoms with E-state index in [1.54, 1.807) is 17.5 Å². The molecule has 2 aromatic rings. The average molecular weight is 250 g/mol. The summed E-state index contributed by atoms with van der Waals surface area (Å²) in [5.41, 5.74) is 0.311. The lowest BCUT2D eigenvalue weighted by atomic mass is 9.97. The molecule has 1 N–H and O–H groups in total. The molecule has 0 spiro atoms. The van der Waals surface area contributed by atoms with Crippen LogP contribution in [0.15, 0.2) is 23.8 Å². The number of hydrogen-bond donors (Lipinski definition) is 1. The van der Waals surface area contributed by atoms with Gasteiger partial charge in [0, 0.05) is 30.2 Å². The zero-order valence-corrected chi connectivity index (χ0v) is 11.3. The predicted octanol–water partition coefficient (Wildman–Crippen LogP) is 2.72. The summed E-state index contributed by atoms with van der Waals surface area (Å²) in [6, 6.07) is 2.04. The summed E-state index contributed by atoms with van der Waals surface area (Å²) in [5, 5.41) is 12.6. The van der Waals surface area contributed by atoms with E-state index < -0.39 is 5.60 Å². The SMILES string of the molecule is CCn1ccnc1CC(C)(O)c1sccc1C. The van der Waals surface area contributed by atoms with Gasteiger partial charge < -0.3 is 9.67 Å². The quantitative estimate of drug-likeness (QED) is 0.906. The normalized spacial score (nSPS) is 14.8. The third kappa shape index (κ3) is 2.42. The van der Waals surface area contributed by atoms with E-state index in [1.807, 2.05) is 31.5 Å². The Balaban J connectivity index is 2.26. The summed E-state index contributed by atoms with van der Waals surface area (Å²) >= 11 is 1.60. The van der Waals surface area contributed by atoms with Crippen LogP contribution in [-0.2, 0) is 18.6 Å². The van der Waals surface area contributed by atoms with E-state index in [-0.39, 0.29) is 0 Å². The molecule has 0 amide bonds. The lowest BCUT2D eigenvalue weighted by Crippen LogP contribution is -2.25. The zero-order valence-electron chi connectivity index (χ0n) is 10.5. The largest absolute Gasteiger partial charge is 0.384 e. The first kappa shape index (κ1) is 12.3. The van der Waals surface area contributed by atoms with Gasteiger partial charge in [0.15, 0.2) is 0 Å². The molecule has 17 heavy (non-hydrogen) atoms. The third-order valence-corrected chi connectivity index (χ3v) is 4.27. The van der Waals surface area contributed by atoms with Gasteiger partial charge in [0.1, 0.15) is 11.4 Å². The van der Waals surface area contributed by atoms with Gasteiger partial charge in [0.25, 0.3) is 0 Å². The molecular weight excluding hydrogens is 232 g/mol. The molecule has 1 unspecified atom stereocenters. The van der Waals surface area contributed by atoms with Crippen molar-refractivity contribution in [2.24, 2.45) is 0 Å². The van der Waals surface area contributed by atoms with Gasteiger partial charge in [0.2, 0.25) is 0 Å². The van der Waals surface area contributed by atoms with E-state index in [2.05, 4.69) is 16.5 Å². The number of imidazole rings is 1. The van der Waals surface area contributed by atoms with Crippen LogP contribution in [0.25, 0.3) is 0 Å². The number of hydrogen-bond acceptors (Lipinski definition) is 3. The molecule has 2 aromatic heterocycles. The van der Waals surface area contributed by atoms with Gasteiger partial charge >= 0.3 is 0 Å². The molecule has 92 valence electrons. The van der Waals surface area contributed by atoms with Crippen LogP contribution in [0.4, 0.5) is 0 Å². The summed E-state index contributed by atoms with van der Waals surface area (Å²) in [5.74, 6) is 0.935.